The van der Waals surface area contributed by atoms with Crippen molar-refractivity contribution < 1.29 is 14.7 Å². The Kier molecular flexibility index (Phi) is 4.08. The van der Waals surface area contributed by atoms with Crippen LogP contribution in [0.1, 0.15) is 22.5 Å². The number of thiophene rings is 1. The van der Waals surface area contributed by atoms with E-state index < -0.39 is 6.09 Å². The zero-order valence-electron chi connectivity index (χ0n) is 9.56. The van der Waals surface area contributed by atoms with E-state index in [2.05, 4.69) is 5.32 Å². The number of hydrogen-bond acceptors (Lipinski definition) is 3. The van der Waals surface area contributed by atoms with Crippen molar-refractivity contribution in [3.63, 3.8) is 0 Å². The highest BCUT2D eigenvalue weighted by Crippen LogP contribution is 2.21. The van der Waals surface area contributed by atoms with Crippen LogP contribution in [0.4, 0.5) is 4.79 Å². The van der Waals surface area contributed by atoms with Gasteiger partial charge >= 0.3 is 6.09 Å². The lowest BCUT2D eigenvalue weighted by molar-refractivity contribution is 0.0938. The number of likely N-dealkylation sites (tertiary alicyclic amines) is 1. The monoisotopic (exact) mass is 288 g/mol. The predicted molar refractivity (Wildman–Crippen MR) is 69.4 cm³/mol. The molecule has 1 aromatic heterocycles. The SMILES string of the molecule is O=C(NCC1CCCN1C(=O)O)c1ccc(Cl)s1. The van der Waals surface area contributed by atoms with Crippen molar-refractivity contribution in [3.05, 3.63) is 21.3 Å². The van der Waals surface area contributed by atoms with E-state index in [1.807, 2.05) is 0 Å². The molecule has 2 rings (SSSR count). The Hall–Kier alpha value is -1.27. The molecule has 2 amide bonds. The average Bonchev–Trinajstić information content (AvgIpc) is 2.94. The van der Waals surface area contributed by atoms with E-state index in [1.165, 1.54) is 16.2 Å². The first kappa shape index (κ1) is 13.2. The summed E-state index contributed by atoms with van der Waals surface area (Å²) < 4.78 is 0.563. The van der Waals surface area contributed by atoms with Gasteiger partial charge in [0.2, 0.25) is 0 Å². The van der Waals surface area contributed by atoms with Gasteiger partial charge in [-0.3, -0.25) is 4.79 Å². The Morgan fingerprint density at radius 2 is 2.33 bits per heavy atom. The van der Waals surface area contributed by atoms with Crippen LogP contribution >= 0.6 is 22.9 Å². The van der Waals surface area contributed by atoms with Crippen molar-refractivity contribution in [2.24, 2.45) is 0 Å². The molecule has 18 heavy (non-hydrogen) atoms. The molecule has 0 saturated carbocycles. The largest absolute Gasteiger partial charge is 0.465 e. The first-order valence-corrected chi connectivity index (χ1v) is 6.80. The number of amides is 2. The Labute approximate surface area is 113 Å². The van der Waals surface area contributed by atoms with Gasteiger partial charge in [0, 0.05) is 13.1 Å². The molecule has 0 spiro atoms. The Balaban J connectivity index is 1.88. The fourth-order valence-corrected chi connectivity index (χ4v) is 2.99. The van der Waals surface area contributed by atoms with Gasteiger partial charge in [0.1, 0.15) is 0 Å². The third-order valence-corrected chi connectivity index (χ3v) is 4.15. The quantitative estimate of drug-likeness (QED) is 0.896. The first-order chi connectivity index (χ1) is 8.58. The predicted octanol–water partition coefficient (Wildman–Crippen LogP) is 2.27. The van der Waals surface area contributed by atoms with E-state index in [0.29, 0.717) is 22.3 Å². The second kappa shape index (κ2) is 5.58. The molecule has 1 aliphatic heterocycles. The summed E-state index contributed by atoms with van der Waals surface area (Å²) in [5.74, 6) is -0.205. The van der Waals surface area contributed by atoms with Crippen LogP contribution in [0, 0.1) is 0 Å². The number of carboxylic acid groups (broad SMARTS) is 1. The number of rotatable bonds is 3. The maximum absolute atomic E-state index is 11.8. The van der Waals surface area contributed by atoms with E-state index in [1.54, 1.807) is 12.1 Å². The van der Waals surface area contributed by atoms with E-state index in [-0.39, 0.29) is 11.9 Å². The van der Waals surface area contributed by atoms with E-state index in [9.17, 15) is 9.59 Å². The maximum atomic E-state index is 11.8. The summed E-state index contributed by atoms with van der Waals surface area (Å²) in [6, 6.07) is 3.20. The highest BCUT2D eigenvalue weighted by atomic mass is 35.5. The molecule has 1 aliphatic rings. The summed E-state index contributed by atoms with van der Waals surface area (Å²) in [6.45, 7) is 0.890. The van der Waals surface area contributed by atoms with Gasteiger partial charge in [-0.15, -0.1) is 11.3 Å². The smallest absolute Gasteiger partial charge is 0.407 e. The zero-order valence-corrected chi connectivity index (χ0v) is 11.1. The van der Waals surface area contributed by atoms with Gasteiger partial charge < -0.3 is 15.3 Å². The zero-order chi connectivity index (χ0) is 13.1. The number of hydrogen-bond donors (Lipinski definition) is 2. The van der Waals surface area contributed by atoms with Crippen LogP contribution in [-0.4, -0.2) is 41.1 Å². The van der Waals surface area contributed by atoms with Crippen molar-refractivity contribution >= 4 is 34.9 Å². The van der Waals surface area contributed by atoms with Gasteiger partial charge in [0.05, 0.1) is 15.3 Å². The lowest BCUT2D eigenvalue weighted by Gasteiger charge is -2.21. The summed E-state index contributed by atoms with van der Waals surface area (Å²) in [5, 5.41) is 11.7. The molecule has 1 saturated heterocycles. The van der Waals surface area contributed by atoms with Crippen molar-refractivity contribution in [2.75, 3.05) is 13.1 Å². The summed E-state index contributed by atoms with van der Waals surface area (Å²) >= 11 is 6.96. The van der Waals surface area contributed by atoms with Crippen LogP contribution in [0.2, 0.25) is 4.34 Å². The maximum Gasteiger partial charge on any atom is 0.407 e. The second-order valence-electron chi connectivity index (χ2n) is 4.09. The summed E-state index contributed by atoms with van der Waals surface area (Å²) in [4.78, 5) is 24.6. The number of halogens is 1. The molecule has 1 atom stereocenters. The average molecular weight is 289 g/mol. The highest BCUT2D eigenvalue weighted by Gasteiger charge is 2.28. The van der Waals surface area contributed by atoms with Gasteiger partial charge in [-0.1, -0.05) is 11.6 Å². The topological polar surface area (TPSA) is 69.6 Å². The van der Waals surface area contributed by atoms with Crippen molar-refractivity contribution in [1.29, 1.82) is 0 Å². The Bertz CT molecular complexity index is 463. The van der Waals surface area contributed by atoms with Gasteiger partial charge in [-0.2, -0.15) is 0 Å². The molecular formula is C11H13ClN2O3S. The van der Waals surface area contributed by atoms with Crippen LogP contribution in [-0.2, 0) is 0 Å². The fourth-order valence-electron chi connectivity index (χ4n) is 2.03. The minimum Gasteiger partial charge on any atom is -0.465 e. The third kappa shape index (κ3) is 2.94. The minimum atomic E-state index is -0.925. The molecule has 98 valence electrons. The number of carbonyl (C=O) groups is 2. The number of nitrogens with zero attached hydrogens (tertiary/aromatic N) is 1. The Morgan fingerprint density at radius 1 is 1.56 bits per heavy atom. The van der Waals surface area contributed by atoms with Crippen molar-refractivity contribution in [1.82, 2.24) is 10.2 Å². The number of carbonyl (C=O) groups excluding carboxylic acids is 1. The van der Waals surface area contributed by atoms with Crippen molar-refractivity contribution in [3.8, 4) is 0 Å². The van der Waals surface area contributed by atoms with E-state index in [4.69, 9.17) is 16.7 Å². The van der Waals surface area contributed by atoms with Crippen LogP contribution in [0.3, 0.4) is 0 Å². The summed E-state index contributed by atoms with van der Waals surface area (Å²) in [5.41, 5.74) is 0. The lowest BCUT2D eigenvalue weighted by Crippen LogP contribution is -2.42. The van der Waals surface area contributed by atoms with Gasteiger partial charge in [-0.25, -0.2) is 4.79 Å². The molecule has 0 radical (unpaired) electrons. The molecule has 2 heterocycles. The van der Waals surface area contributed by atoms with Crippen molar-refractivity contribution in [2.45, 2.75) is 18.9 Å². The second-order valence-corrected chi connectivity index (χ2v) is 5.80. The summed E-state index contributed by atoms with van der Waals surface area (Å²) in [6.07, 6.45) is 0.709. The van der Waals surface area contributed by atoms with Crippen LogP contribution < -0.4 is 5.32 Å². The molecule has 7 heteroatoms. The molecule has 1 aromatic rings. The first-order valence-electron chi connectivity index (χ1n) is 5.61. The highest BCUT2D eigenvalue weighted by molar-refractivity contribution is 7.17. The summed E-state index contributed by atoms with van der Waals surface area (Å²) in [7, 11) is 0. The van der Waals surface area contributed by atoms with Crippen LogP contribution in [0.5, 0.6) is 0 Å². The Morgan fingerprint density at radius 3 is 2.94 bits per heavy atom. The van der Waals surface area contributed by atoms with Crippen LogP contribution in [0.15, 0.2) is 12.1 Å². The van der Waals surface area contributed by atoms with E-state index in [0.717, 1.165) is 12.8 Å². The molecule has 0 bridgehead atoms. The molecule has 0 aromatic carbocycles. The minimum absolute atomic E-state index is 0.123. The lowest BCUT2D eigenvalue weighted by atomic mass is 10.2. The third-order valence-electron chi connectivity index (χ3n) is 2.92. The van der Waals surface area contributed by atoms with Crippen LogP contribution in [0.25, 0.3) is 0 Å². The normalized spacial score (nSPS) is 18.9. The van der Waals surface area contributed by atoms with Gasteiger partial charge in [0.25, 0.3) is 5.91 Å². The van der Waals surface area contributed by atoms with Gasteiger partial charge in [-0.05, 0) is 25.0 Å². The molecule has 1 unspecified atom stereocenters. The molecule has 0 aliphatic carbocycles. The van der Waals surface area contributed by atoms with E-state index >= 15 is 0 Å². The fraction of sp³-hybridized carbons (Fsp3) is 0.455. The molecule has 5 nitrogen and oxygen atoms in total. The van der Waals surface area contributed by atoms with Gasteiger partial charge in [0.15, 0.2) is 0 Å². The molecule has 2 N–H and O–H groups in total. The molecular weight excluding hydrogens is 276 g/mol. The number of nitrogens with one attached hydrogen (secondary N) is 1. The molecule has 1 fully saturated rings. The standard InChI is InChI=1S/C11H13ClN2O3S/c12-9-4-3-8(18-9)10(15)13-6-7-2-1-5-14(7)11(16)17/h3-4,7H,1-2,5-6H2,(H,13,15)(H,16,17).